The molecular formula is C20H21N5O. The Balaban J connectivity index is 1.69. The van der Waals surface area contributed by atoms with Gasteiger partial charge in [0.05, 0.1) is 18.7 Å². The summed E-state index contributed by atoms with van der Waals surface area (Å²) in [5.74, 6) is 1.26. The van der Waals surface area contributed by atoms with Crippen LogP contribution < -0.4 is 10.6 Å². The molecule has 0 bridgehead atoms. The molecule has 0 aliphatic carbocycles. The summed E-state index contributed by atoms with van der Waals surface area (Å²) in [7, 11) is 1.80. The van der Waals surface area contributed by atoms with Gasteiger partial charge in [-0.2, -0.15) is 0 Å². The summed E-state index contributed by atoms with van der Waals surface area (Å²) in [5, 5.41) is 5.95. The number of carbonyl (C=O) groups is 1. The fourth-order valence-electron chi connectivity index (χ4n) is 2.49. The summed E-state index contributed by atoms with van der Waals surface area (Å²) in [6, 6.07) is 13.5. The number of anilines is 1. The maximum atomic E-state index is 12.2. The van der Waals surface area contributed by atoms with E-state index in [0.29, 0.717) is 24.6 Å². The van der Waals surface area contributed by atoms with Crippen LogP contribution in [0, 0.1) is 6.92 Å². The molecule has 6 nitrogen and oxygen atoms in total. The molecule has 132 valence electrons. The van der Waals surface area contributed by atoms with Gasteiger partial charge < -0.3 is 10.6 Å². The first-order valence-corrected chi connectivity index (χ1v) is 8.42. The molecule has 0 spiro atoms. The third kappa shape index (κ3) is 4.63. The van der Waals surface area contributed by atoms with Crippen LogP contribution in [0.1, 0.15) is 16.8 Å². The molecule has 0 saturated carbocycles. The summed E-state index contributed by atoms with van der Waals surface area (Å²) in [6.45, 7) is 2.37. The number of nitrogens with zero attached hydrogens (tertiary/aromatic N) is 3. The number of aryl methyl sites for hydroxylation is 1. The predicted molar refractivity (Wildman–Crippen MR) is 102 cm³/mol. The Kier molecular flexibility index (Phi) is 5.53. The molecule has 2 N–H and O–H groups in total. The number of rotatable bonds is 6. The summed E-state index contributed by atoms with van der Waals surface area (Å²) >= 11 is 0. The van der Waals surface area contributed by atoms with Crippen LogP contribution in [-0.2, 0) is 17.8 Å². The lowest BCUT2D eigenvalue weighted by molar-refractivity contribution is -0.120. The fraction of sp³-hybridized carbons (Fsp3) is 0.200. The third-order valence-electron chi connectivity index (χ3n) is 3.93. The number of amides is 1. The van der Waals surface area contributed by atoms with Crippen molar-refractivity contribution in [2.75, 3.05) is 12.4 Å². The van der Waals surface area contributed by atoms with Crippen LogP contribution in [0.15, 0.2) is 54.9 Å². The van der Waals surface area contributed by atoms with Gasteiger partial charge in [-0.3, -0.25) is 9.78 Å². The Morgan fingerprint density at radius 1 is 1.04 bits per heavy atom. The van der Waals surface area contributed by atoms with E-state index >= 15 is 0 Å². The topological polar surface area (TPSA) is 79.8 Å². The SMILES string of the molecule is CNc1cc(CNC(=O)Cc2ccc(C)cc2)nc(-c2ccncc2)n1. The highest BCUT2D eigenvalue weighted by atomic mass is 16.1. The number of aromatic nitrogens is 3. The van der Waals surface area contributed by atoms with Gasteiger partial charge in [0.25, 0.3) is 0 Å². The molecule has 0 aliphatic heterocycles. The highest BCUT2D eigenvalue weighted by molar-refractivity contribution is 5.78. The molecule has 26 heavy (non-hydrogen) atoms. The Labute approximate surface area is 152 Å². The van der Waals surface area contributed by atoms with E-state index in [1.54, 1.807) is 19.4 Å². The number of hydrogen-bond acceptors (Lipinski definition) is 5. The van der Waals surface area contributed by atoms with Crippen LogP contribution in [-0.4, -0.2) is 27.9 Å². The monoisotopic (exact) mass is 347 g/mol. The average molecular weight is 347 g/mol. The van der Waals surface area contributed by atoms with Crippen molar-refractivity contribution in [3.63, 3.8) is 0 Å². The lowest BCUT2D eigenvalue weighted by Gasteiger charge is -2.09. The van der Waals surface area contributed by atoms with Crippen molar-refractivity contribution < 1.29 is 4.79 Å². The normalized spacial score (nSPS) is 10.4. The van der Waals surface area contributed by atoms with E-state index in [1.807, 2.05) is 49.4 Å². The smallest absolute Gasteiger partial charge is 0.224 e. The van der Waals surface area contributed by atoms with Crippen molar-refractivity contribution in [3.05, 3.63) is 71.7 Å². The van der Waals surface area contributed by atoms with Crippen molar-refractivity contribution >= 4 is 11.7 Å². The van der Waals surface area contributed by atoms with Gasteiger partial charge in [0.2, 0.25) is 5.91 Å². The average Bonchev–Trinajstić information content (AvgIpc) is 2.68. The second kappa shape index (κ2) is 8.20. The van der Waals surface area contributed by atoms with E-state index in [-0.39, 0.29) is 5.91 Å². The highest BCUT2D eigenvalue weighted by Crippen LogP contribution is 2.17. The van der Waals surface area contributed by atoms with Gasteiger partial charge in [-0.25, -0.2) is 9.97 Å². The van der Waals surface area contributed by atoms with Crippen molar-refractivity contribution in [1.82, 2.24) is 20.3 Å². The molecule has 2 heterocycles. The summed E-state index contributed by atoms with van der Waals surface area (Å²) in [4.78, 5) is 25.2. The van der Waals surface area contributed by atoms with Crippen LogP contribution >= 0.6 is 0 Å². The maximum absolute atomic E-state index is 12.2. The zero-order valence-corrected chi connectivity index (χ0v) is 14.9. The minimum absolute atomic E-state index is 0.0380. The Morgan fingerprint density at radius 2 is 1.77 bits per heavy atom. The lowest BCUT2D eigenvalue weighted by Crippen LogP contribution is -2.25. The second-order valence-corrected chi connectivity index (χ2v) is 5.99. The molecule has 0 atom stereocenters. The number of carbonyl (C=O) groups excluding carboxylic acids is 1. The number of nitrogens with one attached hydrogen (secondary N) is 2. The van der Waals surface area contributed by atoms with Crippen molar-refractivity contribution in [1.29, 1.82) is 0 Å². The van der Waals surface area contributed by atoms with Gasteiger partial charge in [-0.05, 0) is 24.6 Å². The second-order valence-electron chi connectivity index (χ2n) is 5.99. The van der Waals surface area contributed by atoms with E-state index in [4.69, 9.17) is 0 Å². The van der Waals surface area contributed by atoms with Crippen LogP contribution in [0.2, 0.25) is 0 Å². The van der Waals surface area contributed by atoms with Gasteiger partial charge >= 0.3 is 0 Å². The largest absolute Gasteiger partial charge is 0.373 e. The van der Waals surface area contributed by atoms with Gasteiger partial charge in [0.15, 0.2) is 5.82 Å². The first kappa shape index (κ1) is 17.5. The van der Waals surface area contributed by atoms with Gasteiger partial charge in [0, 0.05) is 31.1 Å². The minimum atomic E-state index is -0.0380. The first-order valence-electron chi connectivity index (χ1n) is 8.42. The van der Waals surface area contributed by atoms with Crippen molar-refractivity contribution in [3.8, 4) is 11.4 Å². The standard InChI is InChI=1S/C20H21N5O/c1-14-3-5-15(6-4-14)11-19(26)23-13-17-12-18(21-2)25-20(24-17)16-7-9-22-10-8-16/h3-10,12H,11,13H2,1-2H3,(H,23,26)(H,21,24,25). The Morgan fingerprint density at radius 3 is 2.46 bits per heavy atom. The van der Waals surface area contributed by atoms with Crippen molar-refractivity contribution in [2.45, 2.75) is 19.9 Å². The van der Waals surface area contributed by atoms with Gasteiger partial charge in [-0.15, -0.1) is 0 Å². The van der Waals surface area contributed by atoms with Crippen molar-refractivity contribution in [2.24, 2.45) is 0 Å². The fourth-order valence-corrected chi connectivity index (χ4v) is 2.49. The molecule has 1 aromatic carbocycles. The molecule has 2 aromatic heterocycles. The molecule has 0 aliphatic rings. The first-order chi connectivity index (χ1) is 12.6. The van der Waals surface area contributed by atoms with E-state index in [1.165, 1.54) is 5.56 Å². The van der Waals surface area contributed by atoms with Gasteiger partial charge in [-0.1, -0.05) is 29.8 Å². The number of pyridine rings is 1. The molecule has 0 unspecified atom stereocenters. The third-order valence-corrected chi connectivity index (χ3v) is 3.93. The molecule has 1 amide bonds. The molecule has 3 rings (SSSR count). The van der Waals surface area contributed by atoms with E-state index in [9.17, 15) is 4.79 Å². The lowest BCUT2D eigenvalue weighted by atomic mass is 10.1. The van der Waals surface area contributed by atoms with Gasteiger partial charge in [0.1, 0.15) is 5.82 Å². The molecule has 6 heteroatoms. The van der Waals surface area contributed by atoms with Crippen LogP contribution in [0.5, 0.6) is 0 Å². The molecule has 0 fully saturated rings. The van der Waals surface area contributed by atoms with E-state index in [2.05, 4.69) is 25.6 Å². The zero-order chi connectivity index (χ0) is 18.4. The molecular weight excluding hydrogens is 326 g/mol. The Bertz CT molecular complexity index is 878. The van der Waals surface area contributed by atoms with Crippen LogP contribution in [0.25, 0.3) is 11.4 Å². The van der Waals surface area contributed by atoms with Crippen LogP contribution in [0.4, 0.5) is 5.82 Å². The quantitative estimate of drug-likeness (QED) is 0.717. The van der Waals surface area contributed by atoms with E-state index < -0.39 is 0 Å². The molecule has 0 radical (unpaired) electrons. The number of hydrogen-bond donors (Lipinski definition) is 2. The maximum Gasteiger partial charge on any atom is 0.224 e. The summed E-state index contributed by atoms with van der Waals surface area (Å²) in [5.41, 5.74) is 3.79. The summed E-state index contributed by atoms with van der Waals surface area (Å²) in [6.07, 6.45) is 3.75. The highest BCUT2D eigenvalue weighted by Gasteiger charge is 2.08. The zero-order valence-electron chi connectivity index (χ0n) is 14.9. The molecule has 0 saturated heterocycles. The summed E-state index contributed by atoms with van der Waals surface area (Å²) < 4.78 is 0. The number of benzene rings is 1. The van der Waals surface area contributed by atoms with Crippen LogP contribution in [0.3, 0.4) is 0 Å². The van der Waals surface area contributed by atoms with E-state index in [0.717, 1.165) is 16.8 Å². The molecule has 3 aromatic rings. The Hall–Kier alpha value is -3.28. The minimum Gasteiger partial charge on any atom is -0.373 e. The predicted octanol–water partition coefficient (Wildman–Crippen LogP) is 2.75.